The van der Waals surface area contributed by atoms with E-state index in [0.29, 0.717) is 11.3 Å². The monoisotopic (exact) mass is 196 g/mol. The number of fused-ring (bicyclic) bond motifs is 1. The molecule has 0 fully saturated rings. The molecule has 4 nitrogen and oxygen atoms in total. The first-order valence-electron chi connectivity index (χ1n) is 4.17. The highest BCUT2D eigenvalue weighted by atomic mass is 19.1. The first-order valence-corrected chi connectivity index (χ1v) is 4.17. The van der Waals surface area contributed by atoms with Crippen LogP contribution in [0, 0.1) is 5.82 Å². The lowest BCUT2D eigenvalue weighted by Gasteiger charge is -2.23. The van der Waals surface area contributed by atoms with Gasteiger partial charge in [0.1, 0.15) is 5.82 Å². The number of nitrogens with one attached hydrogen (secondary N) is 1. The lowest BCUT2D eigenvalue weighted by Crippen LogP contribution is -2.37. The summed E-state index contributed by atoms with van der Waals surface area (Å²) in [6, 6.07) is 4.00. The minimum atomic E-state index is -0.533. The number of hydrogen-bond acceptors (Lipinski definition) is 3. The quantitative estimate of drug-likeness (QED) is 0.678. The van der Waals surface area contributed by atoms with Crippen molar-refractivity contribution in [3.05, 3.63) is 29.6 Å². The molecule has 1 aliphatic heterocycles. The van der Waals surface area contributed by atoms with E-state index < -0.39 is 17.6 Å². The van der Waals surface area contributed by atoms with Crippen molar-refractivity contribution in [2.45, 2.75) is 5.92 Å². The summed E-state index contributed by atoms with van der Waals surface area (Å²) in [6.45, 7) is 0.270. The first kappa shape index (κ1) is 8.96. The summed E-state index contributed by atoms with van der Waals surface area (Å²) in [5.74, 6) is -0.982. The van der Waals surface area contributed by atoms with Crippen LogP contribution in [0.3, 0.4) is 0 Å². The van der Waals surface area contributed by atoms with Crippen LogP contribution in [0.15, 0.2) is 18.2 Å². The van der Waals surface area contributed by atoms with E-state index in [1.54, 1.807) is 0 Å². The number of amides is 1. The molecule has 1 heterocycles. The lowest BCUT2D eigenvalue weighted by atomic mass is 9.96. The van der Waals surface area contributed by atoms with E-state index in [-0.39, 0.29) is 6.54 Å². The fraction of sp³-hybridized carbons (Fsp3) is 0.222. The Morgan fingerprint density at radius 3 is 3.14 bits per heavy atom. The molecule has 2 rings (SSSR count). The number of nitrogens with two attached hydrogens (primary N) is 1. The van der Waals surface area contributed by atoms with Crippen LogP contribution in [-0.2, 0) is 4.79 Å². The average Bonchev–Trinajstić information content (AvgIpc) is 2.16. The van der Waals surface area contributed by atoms with E-state index in [0.717, 1.165) is 0 Å². The highest BCUT2D eigenvalue weighted by Gasteiger charge is 2.26. The van der Waals surface area contributed by atoms with E-state index in [4.69, 9.17) is 10.6 Å². The molecule has 0 bridgehead atoms. The second-order valence-electron chi connectivity index (χ2n) is 3.09. The number of primary amides is 1. The van der Waals surface area contributed by atoms with E-state index >= 15 is 0 Å². The van der Waals surface area contributed by atoms with Gasteiger partial charge in [-0.2, -0.15) is 5.48 Å². The molecule has 1 aromatic rings. The van der Waals surface area contributed by atoms with Crippen LogP contribution >= 0.6 is 0 Å². The third-order valence-corrected chi connectivity index (χ3v) is 2.16. The van der Waals surface area contributed by atoms with Gasteiger partial charge < -0.3 is 10.6 Å². The van der Waals surface area contributed by atoms with Gasteiger partial charge in [0.25, 0.3) is 0 Å². The second-order valence-corrected chi connectivity index (χ2v) is 3.09. The van der Waals surface area contributed by atoms with Crippen molar-refractivity contribution in [1.82, 2.24) is 5.48 Å². The van der Waals surface area contributed by atoms with Gasteiger partial charge >= 0.3 is 0 Å². The van der Waals surface area contributed by atoms with Crippen molar-refractivity contribution in [2.75, 3.05) is 6.54 Å². The summed E-state index contributed by atoms with van der Waals surface area (Å²) in [5, 5.41) is 0. The molecule has 0 aliphatic carbocycles. The standard InChI is InChI=1S/C9H9FN2O2/c10-5-1-2-8-6(3-5)7(9(11)13)4-12-14-8/h1-3,7,12H,4H2,(H2,11,13). The molecule has 0 saturated heterocycles. The van der Waals surface area contributed by atoms with Gasteiger partial charge in [-0.25, -0.2) is 4.39 Å². The molecule has 1 amide bonds. The molecule has 1 aromatic carbocycles. The molecule has 1 unspecified atom stereocenters. The number of halogens is 1. The summed E-state index contributed by atoms with van der Waals surface area (Å²) in [4.78, 5) is 16.1. The molecule has 0 saturated carbocycles. The van der Waals surface area contributed by atoms with Crippen molar-refractivity contribution in [1.29, 1.82) is 0 Å². The van der Waals surface area contributed by atoms with Gasteiger partial charge in [0.15, 0.2) is 5.75 Å². The van der Waals surface area contributed by atoms with Crippen molar-refractivity contribution < 1.29 is 14.0 Å². The van der Waals surface area contributed by atoms with Gasteiger partial charge in [0, 0.05) is 12.1 Å². The normalized spacial score (nSPS) is 19.6. The van der Waals surface area contributed by atoms with Gasteiger partial charge in [-0.3, -0.25) is 4.79 Å². The molecule has 74 valence electrons. The van der Waals surface area contributed by atoms with Crippen LogP contribution in [0.1, 0.15) is 11.5 Å². The van der Waals surface area contributed by atoms with Gasteiger partial charge in [-0.1, -0.05) is 0 Å². The van der Waals surface area contributed by atoms with Gasteiger partial charge in [-0.05, 0) is 18.2 Å². The van der Waals surface area contributed by atoms with Crippen molar-refractivity contribution in [3.8, 4) is 5.75 Å². The zero-order chi connectivity index (χ0) is 10.1. The molecule has 0 aromatic heterocycles. The smallest absolute Gasteiger partial charge is 0.226 e. The summed E-state index contributed by atoms with van der Waals surface area (Å²) in [6.07, 6.45) is 0. The Balaban J connectivity index is 2.46. The summed E-state index contributed by atoms with van der Waals surface area (Å²) in [5.41, 5.74) is 8.24. The molecular formula is C9H9FN2O2. The average molecular weight is 196 g/mol. The van der Waals surface area contributed by atoms with Crippen LogP contribution in [0.5, 0.6) is 5.75 Å². The number of rotatable bonds is 1. The number of carbonyl (C=O) groups is 1. The Labute approximate surface area is 79.8 Å². The zero-order valence-electron chi connectivity index (χ0n) is 7.29. The predicted octanol–water partition coefficient (Wildman–Crippen LogP) is 0.292. The van der Waals surface area contributed by atoms with Gasteiger partial charge in [-0.15, -0.1) is 0 Å². The fourth-order valence-corrected chi connectivity index (χ4v) is 1.45. The Bertz CT molecular complexity index is 381. The van der Waals surface area contributed by atoms with E-state index in [1.165, 1.54) is 18.2 Å². The molecule has 5 heteroatoms. The van der Waals surface area contributed by atoms with Crippen LogP contribution in [0.2, 0.25) is 0 Å². The van der Waals surface area contributed by atoms with Gasteiger partial charge in [0.05, 0.1) is 5.92 Å². The minimum Gasteiger partial charge on any atom is -0.408 e. The Hall–Kier alpha value is -1.62. The van der Waals surface area contributed by atoms with Crippen molar-refractivity contribution in [2.24, 2.45) is 5.73 Å². The van der Waals surface area contributed by atoms with Gasteiger partial charge in [0.2, 0.25) is 5.91 Å². The second kappa shape index (κ2) is 3.26. The maximum absolute atomic E-state index is 12.9. The maximum atomic E-state index is 12.9. The van der Waals surface area contributed by atoms with Crippen LogP contribution in [-0.4, -0.2) is 12.5 Å². The molecule has 0 spiro atoms. The Morgan fingerprint density at radius 2 is 2.43 bits per heavy atom. The Morgan fingerprint density at radius 1 is 1.64 bits per heavy atom. The largest absolute Gasteiger partial charge is 0.408 e. The number of hydrogen-bond donors (Lipinski definition) is 2. The van der Waals surface area contributed by atoms with E-state index in [9.17, 15) is 9.18 Å². The summed E-state index contributed by atoms with van der Waals surface area (Å²) in [7, 11) is 0. The third-order valence-electron chi connectivity index (χ3n) is 2.16. The Kier molecular flexibility index (Phi) is 2.09. The zero-order valence-corrected chi connectivity index (χ0v) is 7.29. The topological polar surface area (TPSA) is 64.4 Å². The number of hydroxylamine groups is 1. The summed E-state index contributed by atoms with van der Waals surface area (Å²) >= 11 is 0. The SMILES string of the molecule is NC(=O)C1CNOc2ccc(F)cc21. The molecule has 14 heavy (non-hydrogen) atoms. The first-order chi connectivity index (χ1) is 6.68. The highest BCUT2D eigenvalue weighted by molar-refractivity contribution is 5.83. The lowest BCUT2D eigenvalue weighted by molar-refractivity contribution is -0.120. The maximum Gasteiger partial charge on any atom is 0.226 e. The molecule has 3 N–H and O–H groups in total. The van der Waals surface area contributed by atoms with Crippen LogP contribution < -0.4 is 16.1 Å². The third kappa shape index (κ3) is 1.42. The minimum absolute atomic E-state index is 0.270. The molecule has 0 radical (unpaired) electrons. The fourth-order valence-electron chi connectivity index (χ4n) is 1.45. The number of benzene rings is 1. The van der Waals surface area contributed by atoms with Crippen LogP contribution in [0.25, 0.3) is 0 Å². The number of carbonyl (C=O) groups excluding carboxylic acids is 1. The summed E-state index contributed by atoms with van der Waals surface area (Å²) < 4.78 is 12.9. The van der Waals surface area contributed by atoms with Crippen molar-refractivity contribution in [3.63, 3.8) is 0 Å². The van der Waals surface area contributed by atoms with E-state index in [1.807, 2.05) is 0 Å². The van der Waals surface area contributed by atoms with Crippen molar-refractivity contribution >= 4 is 5.91 Å². The predicted molar refractivity (Wildman–Crippen MR) is 47.0 cm³/mol. The van der Waals surface area contributed by atoms with E-state index in [2.05, 4.69) is 5.48 Å². The molecular weight excluding hydrogens is 187 g/mol. The molecule has 1 aliphatic rings. The molecule has 1 atom stereocenters. The van der Waals surface area contributed by atoms with Crippen LogP contribution in [0.4, 0.5) is 4.39 Å². The highest BCUT2D eigenvalue weighted by Crippen LogP contribution is 2.29.